The number of anilines is 1. The van der Waals surface area contributed by atoms with E-state index in [4.69, 9.17) is 5.11 Å². The lowest BCUT2D eigenvalue weighted by Crippen LogP contribution is -2.31. The van der Waals surface area contributed by atoms with E-state index in [1.54, 1.807) is 30.3 Å². The lowest BCUT2D eigenvalue weighted by Gasteiger charge is -2.23. The Morgan fingerprint density at radius 1 is 0.857 bits per heavy atom. The maximum absolute atomic E-state index is 12.3. The molecule has 0 aromatic heterocycles. The van der Waals surface area contributed by atoms with Crippen molar-refractivity contribution in [1.29, 1.82) is 0 Å². The molecular formula is C16H19NO3S. The fourth-order valence-corrected chi connectivity index (χ4v) is 3.37. The zero-order valence-electron chi connectivity index (χ0n) is 11.7. The van der Waals surface area contributed by atoms with E-state index in [-0.39, 0.29) is 12.4 Å². The monoisotopic (exact) mass is 305 g/mol. The minimum Gasteiger partial charge on any atom is -0.395 e. The minimum absolute atomic E-state index is 0.0136. The van der Waals surface area contributed by atoms with Crippen LogP contribution < -0.4 is 4.90 Å². The number of nitrogens with zero attached hydrogens (tertiary/aromatic N) is 1. The Morgan fingerprint density at radius 3 is 2.00 bits per heavy atom. The van der Waals surface area contributed by atoms with Crippen LogP contribution in [0.25, 0.3) is 0 Å². The van der Waals surface area contributed by atoms with Gasteiger partial charge in [-0.15, -0.1) is 0 Å². The lowest BCUT2D eigenvalue weighted by atomic mass is 10.3. The average molecular weight is 305 g/mol. The number of rotatable bonds is 7. The number of aliphatic hydroxyl groups excluding tert-OH is 1. The molecule has 0 saturated heterocycles. The molecule has 0 radical (unpaired) electrons. The van der Waals surface area contributed by atoms with Crippen molar-refractivity contribution < 1.29 is 13.5 Å². The van der Waals surface area contributed by atoms with Gasteiger partial charge in [0.1, 0.15) is 0 Å². The van der Waals surface area contributed by atoms with Crippen LogP contribution in [0.15, 0.2) is 65.6 Å². The Kier molecular flexibility index (Phi) is 5.36. The van der Waals surface area contributed by atoms with Crippen LogP contribution in [0.1, 0.15) is 0 Å². The van der Waals surface area contributed by atoms with Gasteiger partial charge >= 0.3 is 0 Å². The van der Waals surface area contributed by atoms with Gasteiger partial charge in [-0.2, -0.15) is 0 Å². The molecule has 21 heavy (non-hydrogen) atoms. The SMILES string of the molecule is O=S(=O)(CCN(CCO)c1ccccc1)c1ccccc1. The van der Waals surface area contributed by atoms with Gasteiger partial charge in [0.05, 0.1) is 17.3 Å². The van der Waals surface area contributed by atoms with Crippen molar-refractivity contribution >= 4 is 15.5 Å². The molecule has 2 rings (SSSR count). The zero-order chi connectivity index (χ0) is 15.1. The predicted octanol–water partition coefficient (Wildman–Crippen LogP) is 1.96. The summed E-state index contributed by atoms with van der Waals surface area (Å²) in [6.45, 7) is 0.746. The van der Waals surface area contributed by atoms with Gasteiger partial charge < -0.3 is 10.0 Å². The van der Waals surface area contributed by atoms with Gasteiger partial charge in [-0.05, 0) is 24.3 Å². The van der Waals surface area contributed by atoms with E-state index in [9.17, 15) is 8.42 Å². The molecule has 2 aromatic rings. The van der Waals surface area contributed by atoms with Gasteiger partial charge in [-0.3, -0.25) is 0 Å². The Morgan fingerprint density at radius 2 is 1.43 bits per heavy atom. The largest absolute Gasteiger partial charge is 0.395 e. The Hall–Kier alpha value is -1.85. The molecular weight excluding hydrogens is 286 g/mol. The molecule has 112 valence electrons. The first-order valence-corrected chi connectivity index (χ1v) is 8.47. The first kappa shape index (κ1) is 15.5. The second kappa shape index (κ2) is 7.24. The quantitative estimate of drug-likeness (QED) is 0.849. The molecule has 0 bridgehead atoms. The average Bonchev–Trinajstić information content (AvgIpc) is 2.53. The maximum atomic E-state index is 12.3. The van der Waals surface area contributed by atoms with E-state index in [1.165, 1.54) is 0 Å². The first-order chi connectivity index (χ1) is 10.1. The molecule has 0 amide bonds. The Balaban J connectivity index is 2.09. The highest BCUT2D eigenvalue weighted by molar-refractivity contribution is 7.91. The third-order valence-corrected chi connectivity index (χ3v) is 4.93. The van der Waals surface area contributed by atoms with E-state index in [0.717, 1.165) is 5.69 Å². The van der Waals surface area contributed by atoms with E-state index < -0.39 is 9.84 Å². The molecule has 1 N–H and O–H groups in total. The van der Waals surface area contributed by atoms with Crippen LogP contribution >= 0.6 is 0 Å². The Bertz CT molecular complexity index is 642. The molecule has 0 aliphatic heterocycles. The molecule has 2 aromatic carbocycles. The van der Waals surface area contributed by atoms with E-state index in [2.05, 4.69) is 0 Å². The van der Waals surface area contributed by atoms with Crippen LogP contribution in [0.5, 0.6) is 0 Å². The zero-order valence-corrected chi connectivity index (χ0v) is 12.5. The van der Waals surface area contributed by atoms with Crippen molar-refractivity contribution in [2.45, 2.75) is 4.90 Å². The number of hydrogen-bond donors (Lipinski definition) is 1. The van der Waals surface area contributed by atoms with Gasteiger partial charge in [0.25, 0.3) is 0 Å². The predicted molar refractivity (Wildman–Crippen MR) is 84.2 cm³/mol. The second-order valence-electron chi connectivity index (χ2n) is 4.68. The summed E-state index contributed by atoms with van der Waals surface area (Å²) in [6, 6.07) is 17.9. The molecule has 5 heteroatoms. The van der Waals surface area contributed by atoms with Crippen molar-refractivity contribution in [1.82, 2.24) is 0 Å². The number of aliphatic hydroxyl groups is 1. The third-order valence-electron chi connectivity index (χ3n) is 3.22. The van der Waals surface area contributed by atoms with Gasteiger partial charge in [-0.25, -0.2) is 8.42 Å². The number of sulfone groups is 1. The van der Waals surface area contributed by atoms with Crippen LogP contribution in [0.4, 0.5) is 5.69 Å². The van der Waals surface area contributed by atoms with E-state index in [1.807, 2.05) is 35.2 Å². The molecule has 0 saturated carbocycles. The highest BCUT2D eigenvalue weighted by atomic mass is 32.2. The van der Waals surface area contributed by atoms with Crippen LogP contribution in [0.2, 0.25) is 0 Å². The number of para-hydroxylation sites is 1. The van der Waals surface area contributed by atoms with Crippen molar-refractivity contribution in [3.63, 3.8) is 0 Å². The summed E-state index contributed by atoms with van der Waals surface area (Å²) in [6.07, 6.45) is 0. The minimum atomic E-state index is -3.30. The molecule has 0 aliphatic carbocycles. The fraction of sp³-hybridized carbons (Fsp3) is 0.250. The van der Waals surface area contributed by atoms with E-state index in [0.29, 0.717) is 18.0 Å². The van der Waals surface area contributed by atoms with Gasteiger partial charge in [0.15, 0.2) is 9.84 Å². The smallest absolute Gasteiger partial charge is 0.180 e. The Labute approximate surface area is 125 Å². The summed E-state index contributed by atoms with van der Waals surface area (Å²) in [7, 11) is -3.30. The molecule has 0 unspecified atom stereocenters. The highest BCUT2D eigenvalue weighted by Crippen LogP contribution is 2.15. The summed E-state index contributed by atoms with van der Waals surface area (Å²) in [4.78, 5) is 2.21. The van der Waals surface area contributed by atoms with Crippen molar-refractivity contribution in [2.75, 3.05) is 30.3 Å². The fourth-order valence-electron chi connectivity index (χ4n) is 2.11. The topological polar surface area (TPSA) is 57.6 Å². The number of benzene rings is 2. The van der Waals surface area contributed by atoms with Crippen LogP contribution in [-0.2, 0) is 9.84 Å². The maximum Gasteiger partial charge on any atom is 0.180 e. The lowest BCUT2D eigenvalue weighted by molar-refractivity contribution is 0.302. The van der Waals surface area contributed by atoms with E-state index >= 15 is 0 Å². The third kappa shape index (κ3) is 4.31. The van der Waals surface area contributed by atoms with Crippen molar-refractivity contribution in [2.24, 2.45) is 0 Å². The van der Waals surface area contributed by atoms with Crippen LogP contribution in [0, 0.1) is 0 Å². The summed E-state index contributed by atoms with van der Waals surface area (Å²) in [5.74, 6) is 0.0197. The second-order valence-corrected chi connectivity index (χ2v) is 6.79. The highest BCUT2D eigenvalue weighted by Gasteiger charge is 2.16. The molecule has 0 atom stereocenters. The van der Waals surface area contributed by atoms with Crippen molar-refractivity contribution in [3.05, 3.63) is 60.7 Å². The summed E-state index contributed by atoms with van der Waals surface area (Å²) >= 11 is 0. The first-order valence-electron chi connectivity index (χ1n) is 6.82. The van der Waals surface area contributed by atoms with Crippen LogP contribution in [0.3, 0.4) is 0 Å². The molecule has 0 spiro atoms. The molecule has 4 nitrogen and oxygen atoms in total. The van der Waals surface area contributed by atoms with Gasteiger partial charge in [-0.1, -0.05) is 36.4 Å². The van der Waals surface area contributed by atoms with Gasteiger partial charge in [0, 0.05) is 18.8 Å². The van der Waals surface area contributed by atoms with Gasteiger partial charge in [0.2, 0.25) is 0 Å². The molecule has 0 heterocycles. The summed E-state index contributed by atoms with van der Waals surface area (Å²) < 4.78 is 24.6. The van der Waals surface area contributed by atoms with Crippen LogP contribution in [-0.4, -0.2) is 39.0 Å². The standard InChI is InChI=1S/C16H19NO3S/c18-13-11-17(15-7-3-1-4-8-15)12-14-21(19,20)16-9-5-2-6-10-16/h1-10,18H,11-14H2. The summed E-state index contributed by atoms with van der Waals surface area (Å²) in [5, 5.41) is 9.15. The number of hydrogen-bond acceptors (Lipinski definition) is 4. The molecule has 0 fully saturated rings. The normalized spacial score (nSPS) is 11.3. The summed E-state index contributed by atoms with van der Waals surface area (Å²) in [5.41, 5.74) is 0.912. The molecule has 0 aliphatic rings. The van der Waals surface area contributed by atoms with Crippen molar-refractivity contribution in [3.8, 4) is 0 Å².